The van der Waals surface area contributed by atoms with E-state index in [9.17, 15) is 13.2 Å². The van der Waals surface area contributed by atoms with E-state index >= 15 is 0 Å². The van der Waals surface area contributed by atoms with E-state index in [0.717, 1.165) is 0 Å². The van der Waals surface area contributed by atoms with Gasteiger partial charge in [0.2, 0.25) is 10.0 Å². The maximum Gasteiger partial charge on any atom is 0.255 e. The molecule has 0 aliphatic rings. The zero-order valence-electron chi connectivity index (χ0n) is 16.7. The molecule has 0 heterocycles. The number of hydrogen-bond acceptors (Lipinski definition) is 5. The second kappa shape index (κ2) is 10.4. The standard InChI is InChI=1S/C22H21ClN2O5S/c1-29-14-13-24-31(27,28)17-8-6-7-16(15-17)22(26)25-19-10-3-5-12-21(19)30-20-11-4-2-9-18(20)23/h2-12,15,24H,13-14H2,1H3,(H,25,26). The Morgan fingerprint density at radius 2 is 1.68 bits per heavy atom. The second-order valence-electron chi connectivity index (χ2n) is 6.40. The Balaban J connectivity index is 1.79. The fraction of sp³-hybridized carbons (Fsp3) is 0.136. The number of benzene rings is 3. The first-order valence-corrected chi connectivity index (χ1v) is 11.2. The lowest BCUT2D eigenvalue weighted by Gasteiger charge is -2.13. The highest BCUT2D eigenvalue weighted by Crippen LogP contribution is 2.33. The number of sulfonamides is 1. The van der Waals surface area contributed by atoms with Crippen LogP contribution in [0.1, 0.15) is 10.4 Å². The topological polar surface area (TPSA) is 93.7 Å². The van der Waals surface area contributed by atoms with E-state index < -0.39 is 15.9 Å². The fourth-order valence-electron chi connectivity index (χ4n) is 2.67. The van der Waals surface area contributed by atoms with Gasteiger partial charge in [-0.1, -0.05) is 41.9 Å². The highest BCUT2D eigenvalue weighted by Gasteiger charge is 2.17. The van der Waals surface area contributed by atoms with Gasteiger partial charge in [0, 0.05) is 19.2 Å². The molecule has 0 bridgehead atoms. The molecule has 7 nitrogen and oxygen atoms in total. The van der Waals surface area contributed by atoms with Gasteiger partial charge in [0.1, 0.15) is 5.75 Å². The van der Waals surface area contributed by atoms with Crippen molar-refractivity contribution in [3.63, 3.8) is 0 Å². The Hall–Kier alpha value is -2.91. The predicted octanol–water partition coefficient (Wildman–Crippen LogP) is 4.31. The Bertz CT molecular complexity index is 1170. The van der Waals surface area contributed by atoms with Crippen molar-refractivity contribution in [3.8, 4) is 11.5 Å². The summed E-state index contributed by atoms with van der Waals surface area (Å²) < 4.78 is 37.9. The maximum atomic E-state index is 12.8. The lowest BCUT2D eigenvalue weighted by atomic mass is 10.2. The van der Waals surface area contributed by atoms with Crippen LogP contribution in [0, 0.1) is 0 Å². The quantitative estimate of drug-likeness (QED) is 0.464. The number of halogens is 1. The summed E-state index contributed by atoms with van der Waals surface area (Å²) in [6, 6.07) is 19.6. The molecular weight excluding hydrogens is 440 g/mol. The number of carbonyl (C=O) groups excluding carboxylic acids is 1. The Morgan fingerprint density at radius 3 is 2.42 bits per heavy atom. The number of hydrogen-bond donors (Lipinski definition) is 2. The number of nitrogens with one attached hydrogen (secondary N) is 2. The van der Waals surface area contributed by atoms with Gasteiger partial charge in [0.25, 0.3) is 5.91 Å². The number of para-hydroxylation sites is 3. The minimum atomic E-state index is -3.76. The molecule has 0 atom stereocenters. The summed E-state index contributed by atoms with van der Waals surface area (Å²) in [7, 11) is -2.29. The molecule has 2 N–H and O–H groups in total. The van der Waals surface area contributed by atoms with Crippen molar-refractivity contribution in [2.45, 2.75) is 4.90 Å². The van der Waals surface area contributed by atoms with Crippen molar-refractivity contribution in [1.29, 1.82) is 0 Å². The van der Waals surface area contributed by atoms with E-state index in [0.29, 0.717) is 22.2 Å². The Kier molecular flexibility index (Phi) is 7.64. The van der Waals surface area contributed by atoms with Crippen LogP contribution in [0.25, 0.3) is 0 Å². The zero-order chi connectivity index (χ0) is 22.3. The molecule has 0 spiro atoms. The highest BCUT2D eigenvalue weighted by atomic mass is 35.5. The summed E-state index contributed by atoms with van der Waals surface area (Å²) in [4.78, 5) is 12.8. The first kappa shape index (κ1) is 22.8. The second-order valence-corrected chi connectivity index (χ2v) is 8.58. The average molecular weight is 461 g/mol. The van der Waals surface area contributed by atoms with Crippen LogP contribution in [0.4, 0.5) is 5.69 Å². The van der Waals surface area contributed by atoms with Crippen molar-refractivity contribution in [2.75, 3.05) is 25.6 Å². The molecule has 0 radical (unpaired) electrons. The summed E-state index contributed by atoms with van der Waals surface area (Å²) in [5.41, 5.74) is 0.598. The third kappa shape index (κ3) is 6.05. The van der Waals surface area contributed by atoms with Gasteiger partial charge in [-0.2, -0.15) is 0 Å². The van der Waals surface area contributed by atoms with Crippen LogP contribution in [-0.2, 0) is 14.8 Å². The normalized spacial score (nSPS) is 11.2. The number of ether oxygens (including phenoxy) is 2. The molecule has 0 unspecified atom stereocenters. The number of methoxy groups -OCH3 is 1. The van der Waals surface area contributed by atoms with Gasteiger partial charge >= 0.3 is 0 Å². The predicted molar refractivity (Wildman–Crippen MR) is 119 cm³/mol. The van der Waals surface area contributed by atoms with Crippen LogP contribution in [-0.4, -0.2) is 34.6 Å². The van der Waals surface area contributed by atoms with Gasteiger partial charge in [-0.3, -0.25) is 4.79 Å². The van der Waals surface area contributed by atoms with Crippen molar-refractivity contribution >= 4 is 33.2 Å². The van der Waals surface area contributed by atoms with Gasteiger partial charge in [-0.05, 0) is 42.5 Å². The lowest BCUT2D eigenvalue weighted by Crippen LogP contribution is -2.27. The molecule has 0 aliphatic heterocycles. The summed E-state index contributed by atoms with van der Waals surface area (Å²) in [5, 5.41) is 3.19. The summed E-state index contributed by atoms with van der Waals surface area (Å²) in [6.45, 7) is 0.365. The highest BCUT2D eigenvalue weighted by molar-refractivity contribution is 7.89. The minimum Gasteiger partial charge on any atom is -0.454 e. The molecule has 9 heteroatoms. The third-order valence-electron chi connectivity index (χ3n) is 4.20. The van der Waals surface area contributed by atoms with Crippen molar-refractivity contribution in [3.05, 3.63) is 83.4 Å². The molecule has 0 aromatic heterocycles. The molecule has 0 saturated carbocycles. The van der Waals surface area contributed by atoms with E-state index in [1.165, 1.54) is 31.4 Å². The van der Waals surface area contributed by atoms with Crippen LogP contribution >= 0.6 is 11.6 Å². The first-order chi connectivity index (χ1) is 14.9. The van der Waals surface area contributed by atoms with Gasteiger partial charge < -0.3 is 14.8 Å². The van der Waals surface area contributed by atoms with E-state index in [4.69, 9.17) is 21.1 Å². The van der Waals surface area contributed by atoms with Crippen LogP contribution in [0.15, 0.2) is 77.7 Å². The number of amides is 1. The van der Waals surface area contributed by atoms with Crippen LogP contribution < -0.4 is 14.8 Å². The van der Waals surface area contributed by atoms with E-state index in [-0.39, 0.29) is 23.6 Å². The van der Waals surface area contributed by atoms with Gasteiger partial charge in [0.05, 0.1) is 22.2 Å². The van der Waals surface area contributed by atoms with Gasteiger partial charge in [0.15, 0.2) is 5.75 Å². The monoisotopic (exact) mass is 460 g/mol. The zero-order valence-corrected chi connectivity index (χ0v) is 18.2. The van der Waals surface area contributed by atoms with Crippen molar-refractivity contribution in [1.82, 2.24) is 4.72 Å². The summed E-state index contributed by atoms with van der Waals surface area (Å²) >= 11 is 6.15. The summed E-state index contributed by atoms with van der Waals surface area (Å²) in [6.07, 6.45) is 0. The minimum absolute atomic E-state index is 0.0168. The molecule has 162 valence electrons. The molecule has 31 heavy (non-hydrogen) atoms. The average Bonchev–Trinajstić information content (AvgIpc) is 2.77. The molecule has 0 fully saturated rings. The molecule has 1 amide bonds. The fourth-order valence-corrected chi connectivity index (χ4v) is 3.90. The molecule has 0 saturated heterocycles. The van der Waals surface area contributed by atoms with E-state index in [1.54, 1.807) is 48.5 Å². The number of rotatable bonds is 9. The van der Waals surface area contributed by atoms with Gasteiger partial charge in [-0.25, -0.2) is 13.1 Å². The number of anilines is 1. The van der Waals surface area contributed by atoms with Crippen LogP contribution in [0.5, 0.6) is 11.5 Å². The lowest BCUT2D eigenvalue weighted by molar-refractivity contribution is 0.102. The molecule has 0 aliphatic carbocycles. The van der Waals surface area contributed by atoms with Crippen LogP contribution in [0.2, 0.25) is 5.02 Å². The third-order valence-corrected chi connectivity index (χ3v) is 5.97. The largest absolute Gasteiger partial charge is 0.454 e. The van der Waals surface area contributed by atoms with Crippen molar-refractivity contribution in [2.24, 2.45) is 0 Å². The molecular formula is C22H21ClN2O5S. The molecule has 3 rings (SSSR count). The summed E-state index contributed by atoms with van der Waals surface area (Å²) in [5.74, 6) is 0.360. The first-order valence-electron chi connectivity index (χ1n) is 9.32. The molecule has 3 aromatic rings. The number of carbonyl (C=O) groups is 1. The van der Waals surface area contributed by atoms with E-state index in [2.05, 4.69) is 10.0 Å². The Labute approximate surface area is 186 Å². The SMILES string of the molecule is COCCNS(=O)(=O)c1cccc(C(=O)Nc2ccccc2Oc2ccccc2Cl)c1. The molecule has 3 aromatic carbocycles. The van der Waals surface area contributed by atoms with Gasteiger partial charge in [-0.15, -0.1) is 0 Å². The Morgan fingerprint density at radius 1 is 0.968 bits per heavy atom. The van der Waals surface area contributed by atoms with E-state index in [1.807, 2.05) is 0 Å². The van der Waals surface area contributed by atoms with Crippen LogP contribution in [0.3, 0.4) is 0 Å². The maximum absolute atomic E-state index is 12.8. The smallest absolute Gasteiger partial charge is 0.255 e. The van der Waals surface area contributed by atoms with Crippen molar-refractivity contribution < 1.29 is 22.7 Å².